The molecule has 3 heterocycles. The first-order chi connectivity index (χ1) is 9.31. The molecule has 0 saturated carbocycles. The molecule has 0 unspecified atom stereocenters. The van der Waals surface area contributed by atoms with E-state index in [4.69, 9.17) is 5.73 Å². The maximum Gasteiger partial charge on any atom is 0.140 e. The number of hydrogen-bond acceptors (Lipinski definition) is 3. The Kier molecular flexibility index (Phi) is 1.91. The van der Waals surface area contributed by atoms with Crippen molar-refractivity contribution in [1.29, 1.82) is 0 Å². The summed E-state index contributed by atoms with van der Waals surface area (Å²) in [6, 6.07) is 10.1. The Balaban J connectivity index is 2.04. The SMILES string of the molecule is Nc1cc(-c2ccc3[nH]ncc3c2)c2cc[nH]c2n1. The third-order valence-electron chi connectivity index (χ3n) is 3.30. The van der Waals surface area contributed by atoms with E-state index >= 15 is 0 Å². The molecule has 0 amide bonds. The molecule has 0 bridgehead atoms. The zero-order valence-electron chi connectivity index (χ0n) is 10.0. The van der Waals surface area contributed by atoms with Crippen LogP contribution in [-0.2, 0) is 0 Å². The number of aromatic nitrogens is 4. The topological polar surface area (TPSA) is 83.4 Å². The summed E-state index contributed by atoms with van der Waals surface area (Å²) in [4.78, 5) is 7.37. The first kappa shape index (κ1) is 10.1. The van der Waals surface area contributed by atoms with Crippen LogP contribution >= 0.6 is 0 Å². The summed E-state index contributed by atoms with van der Waals surface area (Å²) in [7, 11) is 0. The summed E-state index contributed by atoms with van der Waals surface area (Å²) >= 11 is 0. The van der Waals surface area contributed by atoms with Crippen LogP contribution in [0.5, 0.6) is 0 Å². The molecule has 3 aromatic heterocycles. The predicted molar refractivity (Wildman–Crippen MR) is 75.6 cm³/mol. The number of H-pyrrole nitrogens is 2. The van der Waals surface area contributed by atoms with E-state index in [1.807, 2.05) is 30.6 Å². The van der Waals surface area contributed by atoms with Crippen molar-refractivity contribution in [2.75, 3.05) is 5.73 Å². The third-order valence-corrected chi connectivity index (χ3v) is 3.30. The van der Waals surface area contributed by atoms with E-state index in [1.165, 1.54) is 0 Å². The van der Waals surface area contributed by atoms with Gasteiger partial charge in [-0.15, -0.1) is 0 Å². The van der Waals surface area contributed by atoms with Gasteiger partial charge in [-0.2, -0.15) is 5.10 Å². The molecule has 5 nitrogen and oxygen atoms in total. The Labute approximate surface area is 108 Å². The van der Waals surface area contributed by atoms with Crippen LogP contribution in [0.4, 0.5) is 5.82 Å². The number of aromatic amines is 2. The van der Waals surface area contributed by atoms with Gasteiger partial charge >= 0.3 is 0 Å². The van der Waals surface area contributed by atoms with E-state index in [1.54, 1.807) is 0 Å². The summed E-state index contributed by atoms with van der Waals surface area (Å²) < 4.78 is 0. The van der Waals surface area contributed by atoms with Crippen LogP contribution in [0.2, 0.25) is 0 Å². The fraction of sp³-hybridized carbons (Fsp3) is 0. The number of benzene rings is 1. The molecule has 0 aliphatic heterocycles. The summed E-state index contributed by atoms with van der Waals surface area (Å²) in [5, 5.41) is 9.13. The number of fused-ring (bicyclic) bond motifs is 2. The van der Waals surface area contributed by atoms with Crippen LogP contribution in [0, 0.1) is 0 Å². The van der Waals surface area contributed by atoms with Gasteiger partial charge in [0, 0.05) is 17.0 Å². The number of nitrogens with zero attached hydrogens (tertiary/aromatic N) is 2. The molecule has 0 spiro atoms. The molecule has 0 atom stereocenters. The number of nitrogen functional groups attached to an aromatic ring is 1. The van der Waals surface area contributed by atoms with Gasteiger partial charge in [0.05, 0.1) is 11.7 Å². The van der Waals surface area contributed by atoms with Crippen LogP contribution in [-0.4, -0.2) is 20.2 Å². The van der Waals surface area contributed by atoms with E-state index in [0.29, 0.717) is 5.82 Å². The molecule has 4 rings (SSSR count). The van der Waals surface area contributed by atoms with Crippen molar-refractivity contribution in [3.8, 4) is 11.1 Å². The lowest BCUT2D eigenvalue weighted by atomic mass is 10.0. The van der Waals surface area contributed by atoms with Crippen molar-refractivity contribution in [3.63, 3.8) is 0 Å². The van der Waals surface area contributed by atoms with Crippen LogP contribution in [0.1, 0.15) is 0 Å². The summed E-state index contributed by atoms with van der Waals surface area (Å²) in [5.74, 6) is 0.511. The highest BCUT2D eigenvalue weighted by atomic mass is 15.1. The fourth-order valence-corrected chi connectivity index (χ4v) is 2.41. The lowest BCUT2D eigenvalue weighted by molar-refractivity contribution is 1.12. The Morgan fingerprint density at radius 2 is 2.05 bits per heavy atom. The lowest BCUT2D eigenvalue weighted by Crippen LogP contribution is -1.92. The molecule has 92 valence electrons. The Morgan fingerprint density at radius 3 is 3.00 bits per heavy atom. The molecule has 0 aliphatic carbocycles. The van der Waals surface area contributed by atoms with Gasteiger partial charge in [0.25, 0.3) is 0 Å². The van der Waals surface area contributed by atoms with Gasteiger partial charge in [-0.25, -0.2) is 4.98 Å². The number of nitrogens with one attached hydrogen (secondary N) is 2. The summed E-state index contributed by atoms with van der Waals surface area (Å²) in [5.41, 5.74) is 9.88. The minimum absolute atomic E-state index is 0.511. The van der Waals surface area contributed by atoms with Crippen molar-refractivity contribution in [2.45, 2.75) is 0 Å². The minimum atomic E-state index is 0.511. The second kappa shape index (κ2) is 3.58. The second-order valence-electron chi connectivity index (χ2n) is 4.51. The van der Waals surface area contributed by atoms with Crippen molar-refractivity contribution in [3.05, 3.63) is 42.7 Å². The molecular formula is C14H11N5. The standard InChI is InChI=1S/C14H11N5/c15-13-6-11(10-3-4-16-14(10)18-13)8-1-2-12-9(5-8)7-17-19-12/h1-7H,(H,17,19)(H3,15,16,18). The molecule has 4 aromatic rings. The van der Waals surface area contributed by atoms with Gasteiger partial charge in [0.15, 0.2) is 0 Å². The quantitative estimate of drug-likeness (QED) is 0.485. The third kappa shape index (κ3) is 1.48. The predicted octanol–water partition coefficient (Wildman–Crippen LogP) is 2.69. The van der Waals surface area contributed by atoms with E-state index < -0.39 is 0 Å². The fourth-order valence-electron chi connectivity index (χ4n) is 2.41. The number of rotatable bonds is 1. The second-order valence-corrected chi connectivity index (χ2v) is 4.51. The molecule has 4 N–H and O–H groups in total. The Morgan fingerprint density at radius 1 is 1.11 bits per heavy atom. The molecule has 0 aliphatic rings. The van der Waals surface area contributed by atoms with Crippen molar-refractivity contribution < 1.29 is 0 Å². The molecule has 19 heavy (non-hydrogen) atoms. The zero-order valence-corrected chi connectivity index (χ0v) is 10.0. The van der Waals surface area contributed by atoms with Gasteiger partial charge in [0.2, 0.25) is 0 Å². The average molecular weight is 249 g/mol. The molecular weight excluding hydrogens is 238 g/mol. The van der Waals surface area contributed by atoms with Crippen molar-refractivity contribution >= 4 is 27.8 Å². The van der Waals surface area contributed by atoms with Gasteiger partial charge in [0.1, 0.15) is 11.5 Å². The maximum absolute atomic E-state index is 5.86. The highest BCUT2D eigenvalue weighted by Gasteiger charge is 2.08. The zero-order chi connectivity index (χ0) is 12.8. The van der Waals surface area contributed by atoms with Gasteiger partial charge < -0.3 is 10.7 Å². The van der Waals surface area contributed by atoms with E-state index in [-0.39, 0.29) is 0 Å². The van der Waals surface area contributed by atoms with Gasteiger partial charge in [-0.3, -0.25) is 5.10 Å². The number of hydrogen-bond donors (Lipinski definition) is 3. The normalized spacial score (nSPS) is 11.4. The number of pyridine rings is 1. The van der Waals surface area contributed by atoms with Crippen LogP contribution in [0.25, 0.3) is 33.1 Å². The first-order valence-electron chi connectivity index (χ1n) is 5.98. The van der Waals surface area contributed by atoms with Crippen molar-refractivity contribution in [1.82, 2.24) is 20.2 Å². The first-order valence-corrected chi connectivity index (χ1v) is 5.98. The number of anilines is 1. The van der Waals surface area contributed by atoms with E-state index in [9.17, 15) is 0 Å². The maximum atomic E-state index is 5.86. The minimum Gasteiger partial charge on any atom is -0.384 e. The smallest absolute Gasteiger partial charge is 0.140 e. The average Bonchev–Trinajstić information content (AvgIpc) is 3.04. The lowest BCUT2D eigenvalue weighted by Gasteiger charge is -2.05. The van der Waals surface area contributed by atoms with Gasteiger partial charge in [-0.1, -0.05) is 6.07 Å². The number of nitrogens with two attached hydrogens (primary N) is 1. The molecule has 0 fully saturated rings. The van der Waals surface area contributed by atoms with Crippen LogP contribution < -0.4 is 5.73 Å². The van der Waals surface area contributed by atoms with Gasteiger partial charge in [-0.05, 0) is 35.4 Å². The highest BCUT2D eigenvalue weighted by molar-refractivity contribution is 5.96. The molecule has 1 aromatic carbocycles. The Bertz CT molecular complexity index is 887. The van der Waals surface area contributed by atoms with Crippen LogP contribution in [0.15, 0.2) is 42.7 Å². The van der Waals surface area contributed by atoms with E-state index in [2.05, 4.69) is 32.3 Å². The highest BCUT2D eigenvalue weighted by Crippen LogP contribution is 2.30. The Hall–Kier alpha value is -2.82. The largest absolute Gasteiger partial charge is 0.384 e. The van der Waals surface area contributed by atoms with Crippen molar-refractivity contribution in [2.24, 2.45) is 0 Å². The molecule has 0 saturated heterocycles. The summed E-state index contributed by atoms with van der Waals surface area (Å²) in [6.07, 6.45) is 3.69. The molecule has 0 radical (unpaired) electrons. The van der Waals surface area contributed by atoms with E-state index in [0.717, 1.165) is 33.1 Å². The van der Waals surface area contributed by atoms with Crippen LogP contribution in [0.3, 0.4) is 0 Å². The summed E-state index contributed by atoms with van der Waals surface area (Å²) in [6.45, 7) is 0. The monoisotopic (exact) mass is 249 g/mol. The molecule has 5 heteroatoms.